The molecule has 30 heavy (non-hydrogen) atoms. The number of rotatable bonds is 7. The Morgan fingerprint density at radius 1 is 1.10 bits per heavy atom. The maximum absolute atomic E-state index is 11.6. The minimum Gasteiger partial charge on any atom is -0.475 e. The Balaban J connectivity index is 1.84. The first kappa shape index (κ1) is 22.2. The molecule has 2 aromatic rings. The third-order valence-electron chi connectivity index (χ3n) is 5.77. The quantitative estimate of drug-likeness (QED) is 0.331. The van der Waals surface area contributed by atoms with Gasteiger partial charge >= 0.3 is 0 Å². The highest BCUT2D eigenvalue weighted by Gasteiger charge is 2.19. The normalized spacial score (nSPS) is 17.9. The molecule has 1 heterocycles. The van der Waals surface area contributed by atoms with Gasteiger partial charge in [0.2, 0.25) is 5.90 Å². The lowest BCUT2D eigenvalue weighted by Gasteiger charge is -2.32. The van der Waals surface area contributed by atoms with E-state index in [1.165, 1.54) is 31.4 Å². The molecule has 0 saturated carbocycles. The number of carbonyl (C=O) groups is 1. The molecule has 0 radical (unpaired) electrons. The summed E-state index contributed by atoms with van der Waals surface area (Å²) in [5.74, 6) is 0.658. The predicted octanol–water partition coefficient (Wildman–Crippen LogP) is 5.81. The van der Waals surface area contributed by atoms with E-state index < -0.39 is 0 Å². The topological polar surface area (TPSA) is 41.9 Å². The number of hydrogen-bond donors (Lipinski definition) is 0. The third kappa shape index (κ3) is 6.02. The summed E-state index contributed by atoms with van der Waals surface area (Å²) >= 11 is 0. The van der Waals surface area contributed by atoms with E-state index in [-0.39, 0.29) is 11.9 Å². The summed E-state index contributed by atoms with van der Waals surface area (Å²) in [6.45, 7) is 6.79. The Morgan fingerprint density at radius 2 is 1.80 bits per heavy atom. The van der Waals surface area contributed by atoms with Crippen molar-refractivity contribution in [3.63, 3.8) is 0 Å². The molecule has 3 rings (SSSR count). The van der Waals surface area contributed by atoms with Crippen LogP contribution in [0.15, 0.2) is 53.5 Å². The molecular formula is C26H34N2O2. The van der Waals surface area contributed by atoms with E-state index in [1.807, 2.05) is 44.2 Å². The van der Waals surface area contributed by atoms with Crippen molar-refractivity contribution in [1.82, 2.24) is 4.90 Å². The Morgan fingerprint density at radius 3 is 2.47 bits per heavy atom. The summed E-state index contributed by atoms with van der Waals surface area (Å²) < 4.78 is 6.06. The van der Waals surface area contributed by atoms with Gasteiger partial charge in [0.15, 0.2) is 5.78 Å². The van der Waals surface area contributed by atoms with Gasteiger partial charge in [-0.05, 0) is 83.8 Å². The summed E-state index contributed by atoms with van der Waals surface area (Å²) in [4.78, 5) is 19.0. The zero-order chi connectivity index (χ0) is 21.5. The molecule has 0 N–H and O–H groups in total. The molecule has 0 bridgehead atoms. The molecule has 1 atom stereocenters. The van der Waals surface area contributed by atoms with Crippen molar-refractivity contribution in [2.24, 2.45) is 4.99 Å². The molecule has 160 valence electrons. The number of para-hydroxylation sites is 1. The number of aliphatic imine (C=N–C) groups is 1. The summed E-state index contributed by atoms with van der Waals surface area (Å²) in [6.07, 6.45) is 6.10. The van der Waals surface area contributed by atoms with Crippen LogP contribution in [-0.4, -0.2) is 42.3 Å². The van der Waals surface area contributed by atoms with Crippen LogP contribution < -0.4 is 0 Å². The molecule has 4 nitrogen and oxygen atoms in total. The van der Waals surface area contributed by atoms with Crippen LogP contribution in [-0.2, 0) is 11.2 Å². The fourth-order valence-corrected chi connectivity index (χ4v) is 4.00. The second-order valence-electron chi connectivity index (χ2n) is 8.51. The van der Waals surface area contributed by atoms with Crippen LogP contribution in [0.3, 0.4) is 0 Å². The zero-order valence-electron chi connectivity index (χ0n) is 18.7. The number of likely N-dealkylation sites (tertiary alicyclic amines) is 1. The maximum Gasteiger partial charge on any atom is 0.221 e. The molecule has 1 saturated heterocycles. The lowest BCUT2D eigenvalue weighted by atomic mass is 9.96. The fraction of sp³-hybridized carbons (Fsp3) is 0.462. The van der Waals surface area contributed by atoms with Crippen LogP contribution >= 0.6 is 0 Å². The second-order valence-corrected chi connectivity index (χ2v) is 8.51. The SMILES string of the molecule is CC(=O)c1ccc(/C(=N/c2ccccc2CCC2CCCCN2C)OC(C)C)cc1. The molecule has 1 unspecified atom stereocenters. The van der Waals surface area contributed by atoms with Gasteiger partial charge in [0, 0.05) is 17.2 Å². The van der Waals surface area contributed by atoms with Crippen LogP contribution in [0.2, 0.25) is 0 Å². The molecule has 1 aliphatic heterocycles. The fourth-order valence-electron chi connectivity index (χ4n) is 4.00. The number of nitrogens with zero attached hydrogens (tertiary/aromatic N) is 2. The Kier molecular flexibility index (Phi) is 7.81. The van der Waals surface area contributed by atoms with Crippen molar-refractivity contribution in [2.75, 3.05) is 13.6 Å². The highest BCUT2D eigenvalue weighted by atomic mass is 16.5. The van der Waals surface area contributed by atoms with E-state index >= 15 is 0 Å². The van der Waals surface area contributed by atoms with E-state index in [9.17, 15) is 4.79 Å². The largest absolute Gasteiger partial charge is 0.475 e. The Labute approximate surface area is 181 Å². The summed E-state index contributed by atoms with van der Waals surface area (Å²) in [6, 6.07) is 16.5. The van der Waals surface area contributed by atoms with Gasteiger partial charge in [-0.1, -0.05) is 36.8 Å². The molecule has 0 amide bonds. The van der Waals surface area contributed by atoms with Crippen molar-refractivity contribution in [1.29, 1.82) is 0 Å². The van der Waals surface area contributed by atoms with E-state index in [4.69, 9.17) is 9.73 Å². The summed E-state index contributed by atoms with van der Waals surface area (Å²) in [7, 11) is 2.24. The van der Waals surface area contributed by atoms with E-state index in [1.54, 1.807) is 6.92 Å². The number of piperidine rings is 1. The van der Waals surface area contributed by atoms with Gasteiger partial charge in [-0.25, -0.2) is 4.99 Å². The van der Waals surface area contributed by atoms with Crippen molar-refractivity contribution >= 4 is 17.4 Å². The number of benzene rings is 2. The number of ketones is 1. The highest BCUT2D eigenvalue weighted by Crippen LogP contribution is 2.26. The van der Waals surface area contributed by atoms with Crippen molar-refractivity contribution in [2.45, 2.75) is 65.0 Å². The van der Waals surface area contributed by atoms with Gasteiger partial charge < -0.3 is 9.64 Å². The molecular weight excluding hydrogens is 372 g/mol. The standard InChI is InChI=1S/C26H34N2O2/c1-19(2)30-26(23-14-12-21(13-15-23)20(3)29)27-25-11-6-5-9-22(25)16-17-24-10-7-8-18-28(24)4/h5-6,9,11-15,19,24H,7-8,10,16-18H2,1-4H3/b27-26-. The van der Waals surface area contributed by atoms with Gasteiger partial charge in [-0.3, -0.25) is 4.79 Å². The van der Waals surface area contributed by atoms with Crippen LogP contribution in [0.1, 0.15) is 67.9 Å². The Hall–Kier alpha value is -2.46. The number of aryl methyl sites for hydroxylation is 1. The first-order chi connectivity index (χ1) is 14.4. The predicted molar refractivity (Wildman–Crippen MR) is 124 cm³/mol. The minimum atomic E-state index is 0.0132. The molecule has 1 fully saturated rings. The van der Waals surface area contributed by atoms with Crippen molar-refractivity contribution < 1.29 is 9.53 Å². The average molecular weight is 407 g/mol. The lowest BCUT2D eigenvalue weighted by molar-refractivity contribution is 0.101. The smallest absolute Gasteiger partial charge is 0.221 e. The minimum absolute atomic E-state index is 0.0132. The number of ether oxygens (including phenoxy) is 1. The third-order valence-corrected chi connectivity index (χ3v) is 5.77. The number of carbonyl (C=O) groups excluding carboxylic acids is 1. The first-order valence-electron chi connectivity index (χ1n) is 11.1. The molecule has 4 heteroatoms. The summed E-state index contributed by atoms with van der Waals surface area (Å²) in [5, 5.41) is 0. The molecule has 2 aromatic carbocycles. The number of Topliss-reactive ketones (excluding diaryl/α,β-unsaturated/α-hetero) is 1. The first-order valence-corrected chi connectivity index (χ1v) is 11.1. The van der Waals surface area contributed by atoms with Crippen molar-refractivity contribution in [3.05, 3.63) is 65.2 Å². The monoisotopic (exact) mass is 406 g/mol. The van der Waals surface area contributed by atoms with E-state index in [0.717, 1.165) is 24.1 Å². The molecule has 0 aliphatic carbocycles. The lowest BCUT2D eigenvalue weighted by Crippen LogP contribution is -2.36. The molecule has 1 aliphatic rings. The Bertz CT molecular complexity index is 871. The average Bonchev–Trinajstić information content (AvgIpc) is 2.73. The van der Waals surface area contributed by atoms with E-state index in [0.29, 0.717) is 17.5 Å². The van der Waals surface area contributed by atoms with Gasteiger partial charge in [0.1, 0.15) is 0 Å². The zero-order valence-corrected chi connectivity index (χ0v) is 18.7. The molecule has 0 spiro atoms. The summed E-state index contributed by atoms with van der Waals surface area (Å²) in [5.41, 5.74) is 3.79. The molecule has 0 aromatic heterocycles. The van der Waals surface area contributed by atoms with E-state index in [2.05, 4.69) is 30.1 Å². The van der Waals surface area contributed by atoms with Gasteiger partial charge in [-0.2, -0.15) is 0 Å². The highest BCUT2D eigenvalue weighted by molar-refractivity contribution is 5.98. The van der Waals surface area contributed by atoms with Gasteiger partial charge in [0.05, 0.1) is 11.8 Å². The van der Waals surface area contributed by atoms with Crippen LogP contribution in [0, 0.1) is 0 Å². The van der Waals surface area contributed by atoms with Crippen LogP contribution in [0.5, 0.6) is 0 Å². The second kappa shape index (κ2) is 10.5. The maximum atomic E-state index is 11.6. The van der Waals surface area contributed by atoms with Crippen LogP contribution in [0.25, 0.3) is 0 Å². The van der Waals surface area contributed by atoms with Crippen LogP contribution in [0.4, 0.5) is 5.69 Å². The van der Waals surface area contributed by atoms with Gasteiger partial charge in [0.25, 0.3) is 0 Å². The van der Waals surface area contributed by atoms with Crippen molar-refractivity contribution in [3.8, 4) is 0 Å². The van der Waals surface area contributed by atoms with Gasteiger partial charge in [-0.15, -0.1) is 0 Å². The number of hydrogen-bond acceptors (Lipinski definition) is 4.